The minimum absolute atomic E-state index is 0.0195. The van der Waals surface area contributed by atoms with Crippen molar-refractivity contribution >= 4 is 5.97 Å². The van der Waals surface area contributed by atoms with Crippen LogP contribution in [0.2, 0.25) is 0 Å². The molecule has 2 aliphatic rings. The second kappa shape index (κ2) is 9.62. The summed E-state index contributed by atoms with van der Waals surface area (Å²) in [6.07, 6.45) is 6.05. The quantitative estimate of drug-likeness (QED) is 0.725. The first kappa shape index (κ1) is 20.9. The van der Waals surface area contributed by atoms with Gasteiger partial charge in [0.1, 0.15) is 17.4 Å². The average molecular weight is 396 g/mol. The van der Waals surface area contributed by atoms with Gasteiger partial charge in [0.2, 0.25) is 5.88 Å². The summed E-state index contributed by atoms with van der Waals surface area (Å²) in [5.41, 5.74) is 8.27. The van der Waals surface area contributed by atoms with E-state index >= 15 is 0 Å². The van der Waals surface area contributed by atoms with Gasteiger partial charge in [-0.05, 0) is 37.8 Å². The highest BCUT2D eigenvalue weighted by Crippen LogP contribution is 2.41. The summed E-state index contributed by atoms with van der Waals surface area (Å²) < 4.78 is 16.9. The predicted molar refractivity (Wildman–Crippen MR) is 108 cm³/mol. The lowest BCUT2D eigenvalue weighted by Crippen LogP contribution is -2.26. The summed E-state index contributed by atoms with van der Waals surface area (Å²) in [6.45, 7) is 4.07. The van der Waals surface area contributed by atoms with Crippen molar-refractivity contribution in [2.45, 2.75) is 64.6 Å². The summed E-state index contributed by atoms with van der Waals surface area (Å²) in [5.74, 6) is -0.767. The third kappa shape index (κ3) is 4.63. The van der Waals surface area contributed by atoms with Gasteiger partial charge in [-0.3, -0.25) is 0 Å². The topological polar surface area (TPSA) is 94.6 Å². The van der Waals surface area contributed by atoms with E-state index in [1.807, 2.05) is 24.3 Å². The van der Waals surface area contributed by atoms with Gasteiger partial charge < -0.3 is 19.9 Å². The highest BCUT2D eigenvalue weighted by molar-refractivity contribution is 5.92. The van der Waals surface area contributed by atoms with Crippen LogP contribution in [0.4, 0.5) is 0 Å². The number of nitrogens with zero attached hydrogens (tertiary/aromatic N) is 1. The SMILES string of the molecule is CCOC(=O)C1=C(C)OC(N)=C(C#N)C1c1ccccc1COC1CCCCC1. The van der Waals surface area contributed by atoms with Gasteiger partial charge in [0.05, 0.1) is 30.8 Å². The van der Waals surface area contributed by atoms with E-state index in [9.17, 15) is 10.1 Å². The zero-order valence-electron chi connectivity index (χ0n) is 17.1. The maximum Gasteiger partial charge on any atom is 0.338 e. The van der Waals surface area contributed by atoms with Gasteiger partial charge in [0, 0.05) is 0 Å². The number of hydrogen-bond donors (Lipinski definition) is 1. The van der Waals surface area contributed by atoms with E-state index in [0.717, 1.165) is 24.0 Å². The molecule has 0 radical (unpaired) electrons. The number of carbonyl (C=O) groups is 1. The fraction of sp³-hybridized carbons (Fsp3) is 0.478. The molecule has 1 aliphatic carbocycles. The Balaban J connectivity index is 1.97. The molecule has 3 rings (SSSR count). The summed E-state index contributed by atoms with van der Waals surface area (Å²) in [6, 6.07) is 9.83. The first-order chi connectivity index (χ1) is 14.1. The summed E-state index contributed by atoms with van der Waals surface area (Å²) in [5, 5.41) is 9.76. The smallest absolute Gasteiger partial charge is 0.338 e. The molecular formula is C23H28N2O4. The summed E-state index contributed by atoms with van der Waals surface area (Å²) in [7, 11) is 0. The van der Waals surface area contributed by atoms with Gasteiger partial charge >= 0.3 is 5.97 Å². The molecule has 6 heteroatoms. The van der Waals surface area contributed by atoms with E-state index in [-0.39, 0.29) is 24.2 Å². The monoisotopic (exact) mass is 396 g/mol. The summed E-state index contributed by atoms with van der Waals surface area (Å²) >= 11 is 0. The number of esters is 1. The maximum atomic E-state index is 12.7. The maximum absolute atomic E-state index is 12.7. The highest BCUT2D eigenvalue weighted by atomic mass is 16.5. The lowest BCUT2D eigenvalue weighted by Gasteiger charge is -2.29. The standard InChI is InChI=1S/C23H28N2O4/c1-3-27-23(26)20-15(2)29-22(25)19(13-24)21(20)18-12-8-7-9-16(18)14-28-17-10-5-4-6-11-17/h7-9,12,17,21H,3-6,10-11,14,25H2,1-2H3. The fourth-order valence-corrected chi connectivity index (χ4v) is 4.05. The number of carbonyl (C=O) groups excluding carboxylic acids is 1. The second-order valence-corrected chi connectivity index (χ2v) is 7.38. The third-order valence-corrected chi connectivity index (χ3v) is 5.49. The van der Waals surface area contributed by atoms with Gasteiger partial charge in [-0.25, -0.2) is 4.79 Å². The van der Waals surface area contributed by atoms with Crippen molar-refractivity contribution in [2.24, 2.45) is 5.73 Å². The predicted octanol–water partition coefficient (Wildman–Crippen LogP) is 4.18. The van der Waals surface area contributed by atoms with Crippen molar-refractivity contribution in [3.8, 4) is 6.07 Å². The van der Waals surface area contributed by atoms with Crippen LogP contribution in [0, 0.1) is 11.3 Å². The number of benzene rings is 1. The molecule has 6 nitrogen and oxygen atoms in total. The molecule has 0 saturated heterocycles. The minimum Gasteiger partial charge on any atom is -0.463 e. The Kier molecular flexibility index (Phi) is 6.95. The van der Waals surface area contributed by atoms with E-state index in [4.69, 9.17) is 19.9 Å². The Labute approximate surface area is 171 Å². The van der Waals surface area contributed by atoms with E-state index in [1.165, 1.54) is 19.3 Å². The van der Waals surface area contributed by atoms with Gasteiger partial charge in [0.15, 0.2) is 0 Å². The van der Waals surface area contributed by atoms with Crippen LogP contribution >= 0.6 is 0 Å². The molecule has 0 aromatic heterocycles. The van der Waals surface area contributed by atoms with Crippen molar-refractivity contribution < 1.29 is 19.0 Å². The first-order valence-electron chi connectivity index (χ1n) is 10.2. The molecule has 1 aromatic rings. The molecule has 1 aliphatic heterocycles. The van der Waals surface area contributed by atoms with Gasteiger partial charge in [-0.2, -0.15) is 5.26 Å². The molecule has 0 amide bonds. The van der Waals surface area contributed by atoms with Crippen LogP contribution in [-0.2, 0) is 25.6 Å². The number of nitriles is 1. The van der Waals surface area contributed by atoms with Crippen LogP contribution in [0.5, 0.6) is 0 Å². The van der Waals surface area contributed by atoms with Gasteiger partial charge in [0.25, 0.3) is 0 Å². The van der Waals surface area contributed by atoms with Crippen LogP contribution in [-0.4, -0.2) is 18.7 Å². The molecule has 1 saturated carbocycles. The zero-order chi connectivity index (χ0) is 20.8. The Morgan fingerprint density at radius 2 is 2.00 bits per heavy atom. The first-order valence-corrected chi connectivity index (χ1v) is 10.2. The lowest BCUT2D eigenvalue weighted by atomic mass is 9.81. The molecule has 1 fully saturated rings. The van der Waals surface area contributed by atoms with E-state index < -0.39 is 11.9 Å². The van der Waals surface area contributed by atoms with E-state index in [0.29, 0.717) is 17.9 Å². The number of ether oxygens (including phenoxy) is 3. The Morgan fingerprint density at radius 3 is 2.69 bits per heavy atom. The number of allylic oxidation sites excluding steroid dienone is 2. The van der Waals surface area contributed by atoms with Crippen LogP contribution in [0.3, 0.4) is 0 Å². The Bertz CT molecular complexity index is 860. The molecule has 154 valence electrons. The molecule has 2 N–H and O–H groups in total. The molecule has 0 bridgehead atoms. The highest BCUT2D eigenvalue weighted by Gasteiger charge is 2.37. The number of hydrogen-bond acceptors (Lipinski definition) is 6. The lowest BCUT2D eigenvalue weighted by molar-refractivity contribution is -0.139. The van der Waals surface area contributed by atoms with E-state index in [1.54, 1.807) is 13.8 Å². The van der Waals surface area contributed by atoms with Crippen LogP contribution in [0.25, 0.3) is 0 Å². The minimum atomic E-state index is -0.640. The van der Waals surface area contributed by atoms with E-state index in [2.05, 4.69) is 6.07 Å². The van der Waals surface area contributed by atoms with Gasteiger partial charge in [-0.1, -0.05) is 43.5 Å². The Hall–Kier alpha value is -2.78. The van der Waals surface area contributed by atoms with Crippen molar-refractivity contribution in [1.82, 2.24) is 0 Å². The molecule has 1 heterocycles. The Morgan fingerprint density at radius 1 is 1.28 bits per heavy atom. The largest absolute Gasteiger partial charge is 0.463 e. The van der Waals surface area contributed by atoms with Crippen LogP contribution in [0.1, 0.15) is 63.0 Å². The molecule has 1 aromatic carbocycles. The molecule has 29 heavy (non-hydrogen) atoms. The molecule has 0 spiro atoms. The number of rotatable bonds is 6. The molecular weight excluding hydrogens is 368 g/mol. The summed E-state index contributed by atoms with van der Waals surface area (Å²) in [4.78, 5) is 12.7. The zero-order valence-corrected chi connectivity index (χ0v) is 17.1. The third-order valence-electron chi connectivity index (χ3n) is 5.49. The van der Waals surface area contributed by atoms with Crippen molar-refractivity contribution in [3.05, 3.63) is 58.2 Å². The number of nitrogens with two attached hydrogens (primary N) is 1. The normalized spacial score (nSPS) is 20.2. The van der Waals surface area contributed by atoms with Gasteiger partial charge in [-0.15, -0.1) is 0 Å². The fourth-order valence-electron chi connectivity index (χ4n) is 4.05. The average Bonchev–Trinajstić information content (AvgIpc) is 2.73. The van der Waals surface area contributed by atoms with Crippen LogP contribution in [0.15, 0.2) is 47.1 Å². The van der Waals surface area contributed by atoms with Crippen molar-refractivity contribution in [3.63, 3.8) is 0 Å². The molecule has 1 unspecified atom stereocenters. The van der Waals surface area contributed by atoms with Crippen LogP contribution < -0.4 is 5.73 Å². The molecule has 1 atom stereocenters. The van der Waals surface area contributed by atoms with Crippen molar-refractivity contribution in [2.75, 3.05) is 6.61 Å². The second-order valence-electron chi connectivity index (χ2n) is 7.38. The van der Waals surface area contributed by atoms with Crippen molar-refractivity contribution in [1.29, 1.82) is 5.26 Å².